The van der Waals surface area contributed by atoms with Gasteiger partial charge in [0.2, 0.25) is 11.0 Å². The van der Waals surface area contributed by atoms with Gasteiger partial charge in [-0.15, -0.1) is 10.2 Å². The van der Waals surface area contributed by atoms with E-state index in [1.165, 1.54) is 23.3 Å². The van der Waals surface area contributed by atoms with Gasteiger partial charge in [-0.05, 0) is 6.92 Å². The Morgan fingerprint density at radius 2 is 1.96 bits per heavy atom. The molecule has 1 N–H and O–H groups in total. The fourth-order valence-corrected chi connectivity index (χ4v) is 2.98. The van der Waals surface area contributed by atoms with Crippen molar-refractivity contribution in [2.24, 2.45) is 0 Å². The van der Waals surface area contributed by atoms with Gasteiger partial charge in [-0.1, -0.05) is 41.2 Å². The molecule has 0 saturated carbocycles. The van der Waals surface area contributed by atoms with Crippen LogP contribution in [0.4, 0.5) is 9.93 Å². The second-order valence-electron chi connectivity index (χ2n) is 5.45. The minimum atomic E-state index is -0.487. The number of nitrogens with zero attached hydrogens (tertiary/aromatic N) is 4. The number of aryl methyl sites for hydroxylation is 1. The van der Waals surface area contributed by atoms with Crippen molar-refractivity contribution >= 4 is 34.3 Å². The molecule has 1 aliphatic heterocycles. The summed E-state index contributed by atoms with van der Waals surface area (Å²) in [6.45, 7) is 1.65. The quantitative estimate of drug-likeness (QED) is 0.844. The predicted octanol–water partition coefficient (Wildman–Crippen LogP) is 1.35. The van der Waals surface area contributed by atoms with E-state index in [9.17, 15) is 14.4 Å². The third-order valence-corrected chi connectivity index (χ3v) is 4.39. The van der Waals surface area contributed by atoms with Crippen molar-refractivity contribution in [2.75, 3.05) is 25.5 Å². The van der Waals surface area contributed by atoms with Crippen LogP contribution >= 0.6 is 11.3 Å². The topological polar surface area (TPSA) is 95.5 Å². The first kappa shape index (κ1) is 16.1. The number of aromatic nitrogens is 2. The summed E-state index contributed by atoms with van der Waals surface area (Å²) in [5.74, 6) is -0.881. The Hall–Kier alpha value is -2.81. The van der Waals surface area contributed by atoms with E-state index in [1.807, 2.05) is 31.2 Å². The number of carbonyl (C=O) groups excluding carboxylic acids is 3. The molecule has 0 atom stereocenters. The average Bonchev–Trinajstić information content (AvgIpc) is 3.09. The lowest BCUT2D eigenvalue weighted by molar-refractivity contribution is -0.129. The Morgan fingerprint density at radius 3 is 2.58 bits per heavy atom. The van der Waals surface area contributed by atoms with E-state index in [2.05, 4.69) is 15.5 Å². The summed E-state index contributed by atoms with van der Waals surface area (Å²) in [6.07, 6.45) is 0. The second-order valence-corrected chi connectivity index (χ2v) is 6.42. The summed E-state index contributed by atoms with van der Waals surface area (Å²) in [5.41, 5.74) is 2.05. The van der Waals surface area contributed by atoms with Crippen LogP contribution < -0.4 is 5.32 Å². The lowest BCUT2D eigenvalue weighted by atomic mass is 10.2. The van der Waals surface area contributed by atoms with E-state index in [-0.39, 0.29) is 13.1 Å². The van der Waals surface area contributed by atoms with Crippen LogP contribution in [-0.4, -0.2) is 58.0 Å². The van der Waals surface area contributed by atoms with E-state index in [0.717, 1.165) is 16.0 Å². The molecule has 0 radical (unpaired) electrons. The predicted molar refractivity (Wildman–Crippen MR) is 88.5 cm³/mol. The molecule has 0 unspecified atom stereocenters. The number of anilines is 1. The van der Waals surface area contributed by atoms with E-state index in [0.29, 0.717) is 10.1 Å². The van der Waals surface area contributed by atoms with Gasteiger partial charge >= 0.3 is 6.03 Å². The molecular weight excluding hydrogens is 330 g/mol. The molecule has 3 rings (SSSR count). The second kappa shape index (κ2) is 6.36. The Morgan fingerprint density at radius 1 is 1.25 bits per heavy atom. The van der Waals surface area contributed by atoms with Crippen molar-refractivity contribution < 1.29 is 14.4 Å². The van der Waals surface area contributed by atoms with Crippen LogP contribution in [0.3, 0.4) is 0 Å². The van der Waals surface area contributed by atoms with Crippen LogP contribution in [0.25, 0.3) is 10.6 Å². The number of nitrogens with one attached hydrogen (secondary N) is 1. The van der Waals surface area contributed by atoms with Crippen molar-refractivity contribution in [1.82, 2.24) is 20.0 Å². The van der Waals surface area contributed by atoms with E-state index < -0.39 is 17.8 Å². The summed E-state index contributed by atoms with van der Waals surface area (Å²) in [5, 5.41) is 11.5. The average molecular weight is 345 g/mol. The summed E-state index contributed by atoms with van der Waals surface area (Å²) in [7, 11) is 1.51. The third-order valence-electron chi connectivity index (χ3n) is 3.50. The molecule has 1 fully saturated rings. The van der Waals surface area contributed by atoms with E-state index in [4.69, 9.17) is 0 Å². The first-order chi connectivity index (χ1) is 11.4. The van der Waals surface area contributed by atoms with E-state index >= 15 is 0 Å². The van der Waals surface area contributed by atoms with Gasteiger partial charge in [-0.2, -0.15) is 0 Å². The zero-order valence-electron chi connectivity index (χ0n) is 13.1. The maximum atomic E-state index is 12.0. The van der Waals surface area contributed by atoms with Gasteiger partial charge in [0.25, 0.3) is 5.91 Å². The van der Waals surface area contributed by atoms with Crippen LogP contribution in [0.2, 0.25) is 0 Å². The van der Waals surface area contributed by atoms with Crippen LogP contribution in [0, 0.1) is 6.92 Å². The molecular formula is C15H15N5O3S. The summed E-state index contributed by atoms with van der Waals surface area (Å²) < 4.78 is 0. The van der Waals surface area contributed by atoms with E-state index in [1.54, 1.807) is 0 Å². The van der Waals surface area contributed by atoms with Crippen LogP contribution in [0.15, 0.2) is 24.3 Å². The number of hydrogen-bond donors (Lipinski definition) is 1. The Labute approximate surface area is 142 Å². The monoisotopic (exact) mass is 345 g/mol. The fourth-order valence-electron chi connectivity index (χ4n) is 2.21. The number of amides is 4. The highest BCUT2D eigenvalue weighted by Crippen LogP contribution is 2.26. The largest absolute Gasteiger partial charge is 0.327 e. The fraction of sp³-hybridized carbons (Fsp3) is 0.267. The molecule has 4 amide bonds. The molecule has 9 heteroatoms. The molecule has 1 saturated heterocycles. The minimum absolute atomic E-state index is 0.0114. The van der Waals surface area contributed by atoms with Gasteiger partial charge in [0.05, 0.1) is 0 Å². The Bertz CT molecular complexity index is 802. The number of rotatable bonds is 4. The van der Waals surface area contributed by atoms with Gasteiger partial charge in [-0.25, -0.2) is 4.79 Å². The maximum absolute atomic E-state index is 12.0. The number of hydrogen-bond acceptors (Lipinski definition) is 6. The summed E-state index contributed by atoms with van der Waals surface area (Å²) in [4.78, 5) is 37.6. The summed E-state index contributed by atoms with van der Waals surface area (Å²) >= 11 is 1.23. The summed E-state index contributed by atoms with van der Waals surface area (Å²) in [6, 6.07) is 7.32. The molecule has 0 bridgehead atoms. The molecule has 1 aliphatic rings. The molecule has 8 nitrogen and oxygen atoms in total. The number of urea groups is 1. The van der Waals surface area contributed by atoms with Crippen molar-refractivity contribution in [3.05, 3.63) is 29.8 Å². The molecule has 2 heterocycles. The van der Waals surface area contributed by atoms with Crippen LogP contribution in [0.5, 0.6) is 0 Å². The number of benzene rings is 1. The van der Waals surface area contributed by atoms with Crippen LogP contribution in [-0.2, 0) is 9.59 Å². The Balaban J connectivity index is 1.64. The molecule has 24 heavy (non-hydrogen) atoms. The smallest absolute Gasteiger partial charge is 0.318 e. The Kier molecular flexibility index (Phi) is 4.26. The lowest BCUT2D eigenvalue weighted by Gasteiger charge is -2.12. The number of imide groups is 1. The highest BCUT2D eigenvalue weighted by molar-refractivity contribution is 7.18. The molecule has 0 spiro atoms. The molecule has 0 aliphatic carbocycles. The van der Waals surface area contributed by atoms with Gasteiger partial charge in [0.15, 0.2) is 0 Å². The minimum Gasteiger partial charge on any atom is -0.318 e. The first-order valence-electron chi connectivity index (χ1n) is 7.20. The van der Waals surface area contributed by atoms with Crippen molar-refractivity contribution in [3.63, 3.8) is 0 Å². The lowest BCUT2D eigenvalue weighted by Crippen LogP contribution is -2.38. The first-order valence-corrected chi connectivity index (χ1v) is 8.01. The van der Waals surface area contributed by atoms with Crippen molar-refractivity contribution in [2.45, 2.75) is 6.92 Å². The SMILES string of the molecule is Cc1ccc(-c2nnc(NC(=O)CN3C(=O)CN(C)C3=O)s2)cc1. The molecule has 124 valence electrons. The third kappa shape index (κ3) is 3.25. The molecule has 1 aromatic heterocycles. The zero-order valence-corrected chi connectivity index (χ0v) is 14.0. The molecule has 1 aromatic carbocycles. The zero-order chi connectivity index (χ0) is 17.3. The number of carbonyl (C=O) groups is 3. The molecule has 2 aromatic rings. The van der Waals surface area contributed by atoms with Gasteiger partial charge in [-0.3, -0.25) is 19.8 Å². The van der Waals surface area contributed by atoms with Gasteiger partial charge < -0.3 is 4.90 Å². The number of likely N-dealkylation sites (N-methyl/N-ethyl adjacent to an activating group) is 1. The highest BCUT2D eigenvalue weighted by atomic mass is 32.1. The highest BCUT2D eigenvalue weighted by Gasteiger charge is 2.34. The van der Waals surface area contributed by atoms with Gasteiger partial charge in [0, 0.05) is 12.6 Å². The van der Waals surface area contributed by atoms with Crippen LogP contribution in [0.1, 0.15) is 5.56 Å². The van der Waals surface area contributed by atoms with Gasteiger partial charge in [0.1, 0.15) is 18.1 Å². The standard InChI is InChI=1S/C15H15N5O3S/c1-9-3-5-10(6-4-9)13-17-18-14(24-13)16-11(21)7-20-12(22)8-19(2)15(20)23/h3-6H,7-8H2,1-2H3,(H,16,18,21). The normalized spacial score (nSPS) is 14.4. The van der Waals surface area contributed by atoms with Crippen molar-refractivity contribution in [1.29, 1.82) is 0 Å². The van der Waals surface area contributed by atoms with Crippen molar-refractivity contribution in [3.8, 4) is 10.6 Å². The maximum Gasteiger partial charge on any atom is 0.327 e.